The molecule has 1 aromatic heterocycles. The molecule has 0 saturated heterocycles. The van der Waals surface area contributed by atoms with Gasteiger partial charge in [-0.15, -0.1) is 0 Å². The first kappa shape index (κ1) is 6.16. The van der Waals surface area contributed by atoms with E-state index in [-0.39, 0.29) is 0 Å². The van der Waals surface area contributed by atoms with Gasteiger partial charge in [-0.2, -0.15) is 0 Å². The molecule has 2 rings (SSSR count). The second kappa shape index (κ2) is 2.23. The molecule has 11 heavy (non-hydrogen) atoms. The van der Waals surface area contributed by atoms with E-state index in [0.29, 0.717) is 11.1 Å². The molecule has 0 N–H and O–H groups in total. The summed E-state index contributed by atoms with van der Waals surface area (Å²) in [5.74, 6) is 0. The molecule has 0 bridgehead atoms. The van der Waals surface area contributed by atoms with Gasteiger partial charge >= 0.3 is 0 Å². The molecule has 2 aromatic rings. The normalized spacial score (nSPS) is 10.2. The maximum Gasteiger partial charge on any atom is 0.237 e. The van der Waals surface area contributed by atoms with E-state index in [1.165, 1.54) is 0 Å². The van der Waals surface area contributed by atoms with Crippen LogP contribution in [0.3, 0.4) is 0 Å². The van der Waals surface area contributed by atoms with E-state index in [4.69, 9.17) is 4.42 Å². The summed E-state index contributed by atoms with van der Waals surface area (Å²) < 4.78 is 5.08. The minimum Gasteiger partial charge on any atom is -0.464 e. The fourth-order valence-electron chi connectivity index (χ4n) is 1.07. The third-order valence-corrected chi connectivity index (χ3v) is 1.59. The van der Waals surface area contributed by atoms with E-state index < -0.39 is 0 Å². The van der Waals surface area contributed by atoms with Crippen molar-refractivity contribution in [3.8, 4) is 0 Å². The minimum atomic E-state index is 0.479. The molecule has 1 radical (unpaired) electrons. The second-order valence-electron chi connectivity index (χ2n) is 2.25. The highest BCUT2D eigenvalue weighted by Gasteiger charge is 2.01. The van der Waals surface area contributed by atoms with Crippen molar-refractivity contribution in [1.29, 1.82) is 0 Å². The Morgan fingerprint density at radius 2 is 2.18 bits per heavy atom. The van der Waals surface area contributed by atoms with Crippen LogP contribution in [-0.4, -0.2) is 6.29 Å². The molecule has 0 saturated carbocycles. The van der Waals surface area contributed by atoms with E-state index in [2.05, 4.69) is 0 Å². The van der Waals surface area contributed by atoms with E-state index in [1.54, 1.807) is 18.4 Å². The molecule has 0 aliphatic heterocycles. The fourth-order valence-corrected chi connectivity index (χ4v) is 1.07. The summed E-state index contributed by atoms with van der Waals surface area (Å²) >= 11 is 0. The van der Waals surface area contributed by atoms with Crippen molar-refractivity contribution >= 4 is 17.3 Å². The van der Waals surface area contributed by atoms with Crippen molar-refractivity contribution in [2.45, 2.75) is 0 Å². The van der Waals surface area contributed by atoms with Crippen molar-refractivity contribution in [3.05, 3.63) is 36.1 Å². The molecule has 2 nitrogen and oxygen atoms in total. The first-order valence-corrected chi connectivity index (χ1v) is 3.26. The third kappa shape index (κ3) is 0.835. The van der Waals surface area contributed by atoms with Gasteiger partial charge in [-0.05, 0) is 12.1 Å². The summed E-state index contributed by atoms with van der Waals surface area (Å²) in [6, 6.07) is 7.19. The maximum atomic E-state index is 10.3. The van der Waals surface area contributed by atoms with E-state index in [9.17, 15) is 4.79 Å². The van der Waals surface area contributed by atoms with Gasteiger partial charge in [0.15, 0.2) is 0 Å². The topological polar surface area (TPSA) is 30.2 Å². The minimum absolute atomic E-state index is 0.479. The lowest BCUT2D eigenvalue weighted by Crippen LogP contribution is -1.78. The molecule has 0 fully saturated rings. The van der Waals surface area contributed by atoms with Crippen LogP contribution in [0, 0.1) is 0 Å². The Labute approximate surface area is 63.4 Å². The highest BCUT2D eigenvalue weighted by Crippen LogP contribution is 2.17. The Hall–Kier alpha value is -1.57. The number of para-hydroxylation sites is 1. The summed E-state index contributed by atoms with van der Waals surface area (Å²) in [7, 11) is 0. The molecule has 0 atom stereocenters. The van der Waals surface area contributed by atoms with Crippen LogP contribution >= 0.6 is 0 Å². The molecule has 0 unspecified atom stereocenters. The number of hydrogen-bond acceptors (Lipinski definition) is 2. The van der Waals surface area contributed by atoms with Gasteiger partial charge in [0.1, 0.15) is 5.58 Å². The molecule has 1 aromatic carbocycles. The van der Waals surface area contributed by atoms with Gasteiger partial charge in [-0.3, -0.25) is 4.79 Å². The predicted molar refractivity (Wildman–Crippen MR) is 41.0 cm³/mol. The van der Waals surface area contributed by atoms with Crippen molar-refractivity contribution in [2.24, 2.45) is 0 Å². The predicted octanol–water partition coefficient (Wildman–Crippen LogP) is 1.89. The zero-order valence-electron chi connectivity index (χ0n) is 5.70. The van der Waals surface area contributed by atoms with Crippen molar-refractivity contribution in [1.82, 2.24) is 0 Å². The lowest BCUT2D eigenvalue weighted by molar-refractivity contribution is 0.561. The van der Waals surface area contributed by atoms with E-state index in [1.807, 2.05) is 18.4 Å². The summed E-state index contributed by atoms with van der Waals surface area (Å²) in [4.78, 5) is 10.3. The second-order valence-corrected chi connectivity index (χ2v) is 2.25. The van der Waals surface area contributed by atoms with Crippen LogP contribution in [-0.2, 0) is 4.79 Å². The SMILES string of the molecule is O=[C]c1cccc2ccoc12. The van der Waals surface area contributed by atoms with Crippen LogP contribution in [0.4, 0.5) is 0 Å². The molecular formula is C9H5O2. The van der Waals surface area contributed by atoms with Gasteiger partial charge in [0.25, 0.3) is 0 Å². The standard InChI is InChI=1S/C9H5O2/c10-6-8-3-1-2-7-4-5-11-9(7)8/h1-5H. The average molecular weight is 145 g/mol. The summed E-state index contributed by atoms with van der Waals surface area (Å²) in [6.45, 7) is 0. The fraction of sp³-hybridized carbons (Fsp3) is 0. The largest absolute Gasteiger partial charge is 0.464 e. The summed E-state index contributed by atoms with van der Waals surface area (Å²) in [5.41, 5.74) is 1.09. The van der Waals surface area contributed by atoms with Gasteiger partial charge in [0, 0.05) is 5.39 Å². The van der Waals surface area contributed by atoms with E-state index >= 15 is 0 Å². The van der Waals surface area contributed by atoms with Crippen LogP contribution in [0.15, 0.2) is 34.9 Å². The van der Waals surface area contributed by atoms with Crippen LogP contribution in [0.25, 0.3) is 11.0 Å². The van der Waals surface area contributed by atoms with Crippen LogP contribution in [0.1, 0.15) is 5.56 Å². The van der Waals surface area contributed by atoms with Gasteiger partial charge in [0.2, 0.25) is 6.29 Å². The van der Waals surface area contributed by atoms with Crippen LogP contribution in [0.5, 0.6) is 0 Å². The maximum absolute atomic E-state index is 10.3. The van der Waals surface area contributed by atoms with Crippen LogP contribution < -0.4 is 0 Å². The van der Waals surface area contributed by atoms with Crippen molar-refractivity contribution in [3.63, 3.8) is 0 Å². The monoisotopic (exact) mass is 145 g/mol. The Bertz CT molecular complexity index is 387. The Morgan fingerprint density at radius 1 is 1.27 bits per heavy atom. The smallest absolute Gasteiger partial charge is 0.237 e. The Morgan fingerprint density at radius 3 is 3.00 bits per heavy atom. The number of rotatable bonds is 1. The summed E-state index contributed by atoms with van der Waals surface area (Å²) in [6.07, 6.45) is 3.37. The van der Waals surface area contributed by atoms with Crippen LogP contribution in [0.2, 0.25) is 0 Å². The summed E-state index contributed by atoms with van der Waals surface area (Å²) in [5, 5.41) is 0.936. The first-order chi connectivity index (χ1) is 5.42. The molecular weight excluding hydrogens is 140 g/mol. The molecule has 0 amide bonds. The lowest BCUT2D eigenvalue weighted by atomic mass is 10.2. The van der Waals surface area contributed by atoms with E-state index in [0.717, 1.165) is 5.39 Å². The Balaban J connectivity index is 2.88. The number of fused-ring (bicyclic) bond motifs is 1. The number of benzene rings is 1. The van der Waals surface area contributed by atoms with Gasteiger partial charge in [-0.1, -0.05) is 12.1 Å². The van der Waals surface area contributed by atoms with Gasteiger partial charge < -0.3 is 4.42 Å². The van der Waals surface area contributed by atoms with Crippen molar-refractivity contribution < 1.29 is 9.21 Å². The highest BCUT2D eigenvalue weighted by molar-refractivity contribution is 5.94. The first-order valence-electron chi connectivity index (χ1n) is 3.26. The zero-order chi connectivity index (χ0) is 7.68. The molecule has 0 aliphatic rings. The third-order valence-electron chi connectivity index (χ3n) is 1.59. The number of hydrogen-bond donors (Lipinski definition) is 0. The zero-order valence-corrected chi connectivity index (χ0v) is 5.70. The molecule has 0 aliphatic carbocycles. The molecule has 2 heteroatoms. The lowest BCUT2D eigenvalue weighted by Gasteiger charge is -1.88. The Kier molecular flexibility index (Phi) is 1.25. The number of carbonyl (C=O) groups excluding carboxylic acids is 1. The average Bonchev–Trinajstić information content (AvgIpc) is 2.50. The van der Waals surface area contributed by atoms with Crippen molar-refractivity contribution in [2.75, 3.05) is 0 Å². The molecule has 1 heterocycles. The van der Waals surface area contributed by atoms with Gasteiger partial charge in [-0.25, -0.2) is 0 Å². The highest BCUT2D eigenvalue weighted by atomic mass is 16.3. The van der Waals surface area contributed by atoms with Gasteiger partial charge in [0.05, 0.1) is 11.8 Å². The molecule has 53 valence electrons. The quantitative estimate of drug-likeness (QED) is 0.613. The molecule has 0 spiro atoms. The number of furan rings is 1.